The van der Waals surface area contributed by atoms with Crippen molar-refractivity contribution < 1.29 is 9.53 Å². The lowest BCUT2D eigenvalue weighted by molar-refractivity contribution is 0.0689. The van der Waals surface area contributed by atoms with E-state index in [0.717, 1.165) is 31.2 Å². The summed E-state index contributed by atoms with van der Waals surface area (Å²) in [5.41, 5.74) is 0.382. The lowest BCUT2D eigenvalue weighted by atomic mass is 9.86. The van der Waals surface area contributed by atoms with E-state index in [0.29, 0.717) is 12.4 Å². The Bertz CT molecular complexity index is 448. The highest BCUT2D eigenvalue weighted by Gasteiger charge is 2.44. The van der Waals surface area contributed by atoms with Crippen molar-refractivity contribution >= 4 is 5.78 Å². The molecule has 1 aromatic rings. The Balaban J connectivity index is 2.37. The maximum atomic E-state index is 13.0. The molecule has 104 valence electrons. The third-order valence-corrected chi connectivity index (χ3v) is 4.14. The van der Waals surface area contributed by atoms with E-state index in [2.05, 4.69) is 4.90 Å². The van der Waals surface area contributed by atoms with Crippen LogP contribution >= 0.6 is 0 Å². The molecule has 2 rings (SSSR count). The Morgan fingerprint density at radius 2 is 1.89 bits per heavy atom. The third kappa shape index (κ3) is 2.52. The quantitative estimate of drug-likeness (QED) is 0.763. The van der Waals surface area contributed by atoms with Gasteiger partial charge in [-0.3, -0.25) is 9.69 Å². The Labute approximate surface area is 115 Å². The molecular formula is C16H23NO2. The number of hydrogen-bond acceptors (Lipinski definition) is 3. The molecule has 1 saturated carbocycles. The molecule has 1 aromatic carbocycles. The lowest BCUT2D eigenvalue weighted by Gasteiger charge is -2.35. The minimum absolute atomic E-state index is 0.207. The summed E-state index contributed by atoms with van der Waals surface area (Å²) in [5.74, 6) is 0.919. The molecule has 0 spiro atoms. The fraction of sp³-hybridized carbons (Fsp3) is 0.562. The molecule has 0 heterocycles. The van der Waals surface area contributed by atoms with Gasteiger partial charge >= 0.3 is 0 Å². The molecule has 3 heteroatoms. The standard InChI is InChI=1S/C16H23NO2/c1-4-19-14-10-6-5-9-13(14)15(18)16(17(2)3)11-7-8-12-16/h5-6,9-10H,4,7-8,11-12H2,1-3H3. The van der Waals surface area contributed by atoms with E-state index in [1.807, 2.05) is 45.3 Å². The van der Waals surface area contributed by atoms with Crippen LogP contribution in [0.4, 0.5) is 0 Å². The Morgan fingerprint density at radius 1 is 1.26 bits per heavy atom. The average molecular weight is 261 g/mol. The van der Waals surface area contributed by atoms with Crippen LogP contribution in [0.5, 0.6) is 5.75 Å². The van der Waals surface area contributed by atoms with Crippen molar-refractivity contribution in [1.82, 2.24) is 4.90 Å². The number of likely N-dealkylation sites (N-methyl/N-ethyl adjacent to an activating group) is 1. The van der Waals surface area contributed by atoms with Gasteiger partial charge in [-0.15, -0.1) is 0 Å². The van der Waals surface area contributed by atoms with Crippen molar-refractivity contribution in [2.45, 2.75) is 38.1 Å². The average Bonchev–Trinajstić information content (AvgIpc) is 2.89. The fourth-order valence-corrected chi connectivity index (χ4v) is 3.02. The molecule has 0 N–H and O–H groups in total. The predicted octanol–water partition coefficient (Wildman–Crippen LogP) is 3.14. The summed E-state index contributed by atoms with van der Waals surface area (Å²) in [6, 6.07) is 7.60. The van der Waals surface area contributed by atoms with Crippen LogP contribution in [0.2, 0.25) is 0 Å². The zero-order chi connectivity index (χ0) is 13.9. The second-order valence-electron chi connectivity index (χ2n) is 5.39. The second-order valence-corrected chi connectivity index (χ2v) is 5.39. The molecule has 0 aromatic heterocycles. The van der Waals surface area contributed by atoms with Gasteiger partial charge in [0.2, 0.25) is 0 Å². The maximum absolute atomic E-state index is 13.0. The molecule has 0 aliphatic heterocycles. The molecule has 0 atom stereocenters. The van der Waals surface area contributed by atoms with E-state index < -0.39 is 0 Å². The molecule has 0 saturated heterocycles. The predicted molar refractivity (Wildman–Crippen MR) is 76.8 cm³/mol. The van der Waals surface area contributed by atoms with Crippen LogP contribution < -0.4 is 4.74 Å². The van der Waals surface area contributed by atoms with Crippen molar-refractivity contribution in [3.63, 3.8) is 0 Å². The Kier molecular flexibility index (Phi) is 4.25. The number of carbonyl (C=O) groups excluding carboxylic acids is 1. The first-order valence-electron chi connectivity index (χ1n) is 7.06. The lowest BCUT2D eigenvalue weighted by Crippen LogP contribution is -2.49. The zero-order valence-electron chi connectivity index (χ0n) is 12.1. The molecule has 1 aliphatic carbocycles. The molecular weight excluding hydrogens is 238 g/mol. The Morgan fingerprint density at radius 3 is 2.47 bits per heavy atom. The number of ketones is 1. The van der Waals surface area contributed by atoms with Gasteiger partial charge in [0.25, 0.3) is 0 Å². The number of carbonyl (C=O) groups is 1. The highest BCUT2D eigenvalue weighted by atomic mass is 16.5. The first-order chi connectivity index (χ1) is 9.12. The van der Waals surface area contributed by atoms with Gasteiger partial charge in [0.05, 0.1) is 17.7 Å². The van der Waals surface area contributed by atoms with E-state index in [-0.39, 0.29) is 11.3 Å². The van der Waals surface area contributed by atoms with Crippen molar-refractivity contribution in [3.8, 4) is 5.75 Å². The maximum Gasteiger partial charge on any atom is 0.186 e. The van der Waals surface area contributed by atoms with Gasteiger partial charge in [-0.05, 0) is 46.0 Å². The monoisotopic (exact) mass is 261 g/mol. The number of benzene rings is 1. The van der Waals surface area contributed by atoms with Gasteiger partial charge in [-0.2, -0.15) is 0 Å². The smallest absolute Gasteiger partial charge is 0.186 e. The summed E-state index contributed by atoms with van der Waals surface area (Å²) in [4.78, 5) is 15.1. The third-order valence-electron chi connectivity index (χ3n) is 4.14. The normalized spacial score (nSPS) is 17.7. The fourth-order valence-electron chi connectivity index (χ4n) is 3.02. The van der Waals surface area contributed by atoms with E-state index >= 15 is 0 Å². The molecule has 0 amide bonds. The SMILES string of the molecule is CCOc1ccccc1C(=O)C1(N(C)C)CCCC1. The van der Waals surface area contributed by atoms with Crippen LogP contribution in [0, 0.1) is 0 Å². The van der Waals surface area contributed by atoms with Crippen molar-refractivity contribution in [2.24, 2.45) is 0 Å². The topological polar surface area (TPSA) is 29.5 Å². The van der Waals surface area contributed by atoms with Crippen molar-refractivity contribution in [1.29, 1.82) is 0 Å². The summed E-state index contributed by atoms with van der Waals surface area (Å²) in [6.07, 6.45) is 4.14. The molecule has 0 radical (unpaired) electrons. The first kappa shape index (κ1) is 14.1. The van der Waals surface area contributed by atoms with Crippen LogP contribution in [0.3, 0.4) is 0 Å². The van der Waals surface area contributed by atoms with Crippen LogP contribution in [0.25, 0.3) is 0 Å². The van der Waals surface area contributed by atoms with Gasteiger partial charge in [-0.1, -0.05) is 25.0 Å². The zero-order valence-corrected chi connectivity index (χ0v) is 12.1. The summed E-state index contributed by atoms with van der Waals surface area (Å²) < 4.78 is 5.60. The minimum atomic E-state index is -0.340. The minimum Gasteiger partial charge on any atom is -0.493 e. The Hall–Kier alpha value is -1.35. The summed E-state index contributed by atoms with van der Waals surface area (Å²) in [6.45, 7) is 2.53. The van der Waals surface area contributed by atoms with Gasteiger partial charge < -0.3 is 4.74 Å². The van der Waals surface area contributed by atoms with E-state index in [1.54, 1.807) is 0 Å². The first-order valence-corrected chi connectivity index (χ1v) is 7.06. The van der Waals surface area contributed by atoms with Crippen LogP contribution in [0.15, 0.2) is 24.3 Å². The number of nitrogens with zero attached hydrogens (tertiary/aromatic N) is 1. The molecule has 0 unspecified atom stereocenters. The summed E-state index contributed by atoms with van der Waals surface area (Å²) >= 11 is 0. The largest absolute Gasteiger partial charge is 0.493 e. The summed E-state index contributed by atoms with van der Waals surface area (Å²) in [5, 5.41) is 0. The second kappa shape index (κ2) is 5.74. The highest BCUT2D eigenvalue weighted by Crippen LogP contribution is 2.38. The van der Waals surface area contributed by atoms with E-state index in [1.165, 1.54) is 0 Å². The van der Waals surface area contributed by atoms with Crippen LogP contribution in [-0.4, -0.2) is 36.9 Å². The van der Waals surface area contributed by atoms with Crippen molar-refractivity contribution in [2.75, 3.05) is 20.7 Å². The number of ether oxygens (including phenoxy) is 1. The van der Waals surface area contributed by atoms with Gasteiger partial charge in [0.15, 0.2) is 5.78 Å². The van der Waals surface area contributed by atoms with Crippen LogP contribution in [-0.2, 0) is 0 Å². The van der Waals surface area contributed by atoms with Gasteiger partial charge in [0, 0.05) is 0 Å². The van der Waals surface area contributed by atoms with E-state index in [9.17, 15) is 4.79 Å². The molecule has 1 aliphatic rings. The van der Waals surface area contributed by atoms with E-state index in [4.69, 9.17) is 4.74 Å². The number of hydrogen-bond donors (Lipinski definition) is 0. The highest BCUT2D eigenvalue weighted by molar-refractivity contribution is 6.05. The summed E-state index contributed by atoms with van der Waals surface area (Å²) in [7, 11) is 4.01. The number of rotatable bonds is 5. The van der Waals surface area contributed by atoms with Gasteiger partial charge in [-0.25, -0.2) is 0 Å². The van der Waals surface area contributed by atoms with Crippen molar-refractivity contribution in [3.05, 3.63) is 29.8 Å². The molecule has 19 heavy (non-hydrogen) atoms. The molecule has 3 nitrogen and oxygen atoms in total. The van der Waals surface area contributed by atoms with Gasteiger partial charge in [0.1, 0.15) is 5.75 Å². The van der Waals surface area contributed by atoms with Crippen LogP contribution in [0.1, 0.15) is 43.0 Å². The number of Topliss-reactive ketones (excluding diaryl/α,β-unsaturated/α-hetero) is 1. The molecule has 1 fully saturated rings. The molecule has 0 bridgehead atoms. The number of para-hydroxylation sites is 1.